The van der Waals surface area contributed by atoms with Crippen molar-refractivity contribution in [3.8, 4) is 0 Å². The van der Waals surface area contributed by atoms with E-state index in [1.54, 1.807) is 10.7 Å². The van der Waals surface area contributed by atoms with E-state index in [2.05, 4.69) is 5.10 Å². The number of carbonyl (C=O) groups is 1. The van der Waals surface area contributed by atoms with Gasteiger partial charge in [0, 0.05) is 19.3 Å². The van der Waals surface area contributed by atoms with Gasteiger partial charge in [-0.15, -0.1) is 0 Å². The molecule has 1 rings (SSSR count). The molecule has 1 amide bonds. The Morgan fingerprint density at radius 2 is 1.86 bits per heavy atom. The average molecular weight is 319 g/mol. The van der Waals surface area contributed by atoms with Gasteiger partial charge in [0.25, 0.3) is 5.91 Å². The average Bonchev–Trinajstić information content (AvgIpc) is 2.79. The summed E-state index contributed by atoms with van der Waals surface area (Å²) in [6.07, 6.45) is -5.30. The molecule has 0 spiro atoms. The van der Waals surface area contributed by atoms with Crippen LogP contribution >= 0.6 is 0 Å². The Morgan fingerprint density at radius 1 is 1.32 bits per heavy atom. The molecule has 0 radical (unpaired) electrons. The third kappa shape index (κ3) is 4.74. The van der Waals surface area contributed by atoms with E-state index < -0.39 is 18.5 Å². The van der Waals surface area contributed by atoms with Gasteiger partial charge in [0.05, 0.1) is 12.0 Å². The first kappa shape index (κ1) is 18.5. The van der Waals surface area contributed by atoms with Crippen molar-refractivity contribution in [3.05, 3.63) is 17.5 Å². The quantitative estimate of drug-likeness (QED) is 0.847. The molecule has 0 saturated heterocycles. The molecule has 0 bridgehead atoms. The molecule has 0 aliphatic heterocycles. The number of alkyl halides is 3. The molecule has 126 valence electrons. The minimum atomic E-state index is -4.28. The summed E-state index contributed by atoms with van der Waals surface area (Å²) in [5, 5.41) is 4.31. The highest BCUT2D eigenvalue weighted by atomic mass is 19.4. The van der Waals surface area contributed by atoms with Crippen molar-refractivity contribution < 1.29 is 18.0 Å². The predicted molar refractivity (Wildman–Crippen MR) is 78.9 cm³/mol. The van der Waals surface area contributed by atoms with Crippen LogP contribution in [0.2, 0.25) is 0 Å². The summed E-state index contributed by atoms with van der Waals surface area (Å²) in [4.78, 5) is 13.3. The van der Waals surface area contributed by atoms with Crippen LogP contribution in [0.5, 0.6) is 0 Å². The molecule has 1 aromatic rings. The van der Waals surface area contributed by atoms with Crippen molar-refractivity contribution in [2.24, 2.45) is 0 Å². The van der Waals surface area contributed by atoms with Crippen LogP contribution in [0.3, 0.4) is 0 Å². The molecule has 0 aliphatic rings. The Balaban J connectivity index is 2.99. The van der Waals surface area contributed by atoms with E-state index in [-0.39, 0.29) is 23.7 Å². The number of hydrogen-bond acceptors (Lipinski definition) is 2. The van der Waals surface area contributed by atoms with Gasteiger partial charge in [-0.3, -0.25) is 9.48 Å². The zero-order valence-electron chi connectivity index (χ0n) is 14.0. The number of halogens is 3. The highest BCUT2D eigenvalue weighted by Gasteiger charge is 2.29. The molecule has 0 N–H and O–H groups in total. The van der Waals surface area contributed by atoms with Gasteiger partial charge >= 0.3 is 6.18 Å². The minimum Gasteiger partial charge on any atom is -0.340 e. The molecule has 0 aromatic carbocycles. The SMILES string of the molecule is CC(C)c1cc(C(=O)N(C)CCC(F)(F)F)nn1C(C)(C)C. The molecule has 0 fully saturated rings. The third-order valence-corrected chi connectivity index (χ3v) is 3.26. The fourth-order valence-electron chi connectivity index (χ4n) is 2.04. The van der Waals surface area contributed by atoms with E-state index in [1.807, 2.05) is 34.6 Å². The van der Waals surface area contributed by atoms with Gasteiger partial charge in [-0.25, -0.2) is 0 Å². The summed E-state index contributed by atoms with van der Waals surface area (Å²) in [5.41, 5.74) is 0.770. The Kier molecular flexibility index (Phi) is 5.30. The van der Waals surface area contributed by atoms with Crippen LogP contribution in [0, 0.1) is 0 Å². The van der Waals surface area contributed by atoms with Crippen molar-refractivity contribution in [1.29, 1.82) is 0 Å². The van der Waals surface area contributed by atoms with Crippen molar-refractivity contribution in [3.63, 3.8) is 0 Å². The zero-order chi connectivity index (χ0) is 17.3. The lowest BCUT2D eigenvalue weighted by atomic mass is 10.1. The molecule has 1 heterocycles. The molecule has 1 aromatic heterocycles. The number of amides is 1. The maximum absolute atomic E-state index is 12.3. The molecular weight excluding hydrogens is 295 g/mol. The molecule has 22 heavy (non-hydrogen) atoms. The van der Waals surface area contributed by atoms with E-state index in [1.165, 1.54) is 7.05 Å². The lowest BCUT2D eigenvalue weighted by Gasteiger charge is -2.23. The van der Waals surface area contributed by atoms with Crippen LogP contribution in [0.4, 0.5) is 13.2 Å². The van der Waals surface area contributed by atoms with E-state index >= 15 is 0 Å². The Bertz CT molecular complexity index is 527. The van der Waals surface area contributed by atoms with Gasteiger partial charge < -0.3 is 4.90 Å². The van der Waals surface area contributed by atoms with E-state index in [9.17, 15) is 18.0 Å². The van der Waals surface area contributed by atoms with Gasteiger partial charge in [0.2, 0.25) is 0 Å². The standard InChI is InChI=1S/C15H24F3N3O/c1-10(2)12-9-11(19-21(12)14(3,4)5)13(22)20(6)8-7-15(16,17)18/h9-10H,7-8H2,1-6H3. The van der Waals surface area contributed by atoms with Gasteiger partial charge in [-0.1, -0.05) is 13.8 Å². The smallest absolute Gasteiger partial charge is 0.340 e. The molecule has 0 saturated carbocycles. The van der Waals surface area contributed by atoms with Gasteiger partial charge in [0.1, 0.15) is 0 Å². The third-order valence-electron chi connectivity index (χ3n) is 3.26. The lowest BCUT2D eigenvalue weighted by Crippen LogP contribution is -2.31. The summed E-state index contributed by atoms with van der Waals surface area (Å²) in [6.45, 7) is 9.50. The van der Waals surface area contributed by atoms with Crippen LogP contribution in [-0.4, -0.2) is 40.4 Å². The maximum atomic E-state index is 12.3. The molecule has 0 aliphatic carbocycles. The summed E-state index contributed by atoms with van der Waals surface area (Å²) in [5.74, 6) is -0.331. The number of nitrogens with zero attached hydrogens (tertiary/aromatic N) is 3. The fourth-order valence-corrected chi connectivity index (χ4v) is 2.04. The Morgan fingerprint density at radius 3 is 2.23 bits per heavy atom. The Hall–Kier alpha value is -1.53. The largest absolute Gasteiger partial charge is 0.390 e. The highest BCUT2D eigenvalue weighted by Crippen LogP contribution is 2.24. The van der Waals surface area contributed by atoms with E-state index in [4.69, 9.17) is 0 Å². The van der Waals surface area contributed by atoms with Crippen molar-refractivity contribution in [2.45, 2.75) is 58.7 Å². The molecular formula is C15H24F3N3O. The second-order valence-corrected chi connectivity index (χ2v) is 6.78. The summed E-state index contributed by atoms with van der Waals surface area (Å²) < 4.78 is 38.5. The van der Waals surface area contributed by atoms with E-state index in [0.29, 0.717) is 0 Å². The number of aromatic nitrogens is 2. The van der Waals surface area contributed by atoms with E-state index in [0.717, 1.165) is 10.6 Å². The number of hydrogen-bond donors (Lipinski definition) is 0. The minimum absolute atomic E-state index is 0.161. The van der Waals surface area contributed by atoms with Crippen LogP contribution in [0.15, 0.2) is 6.07 Å². The van der Waals surface area contributed by atoms with Crippen LogP contribution in [-0.2, 0) is 5.54 Å². The fraction of sp³-hybridized carbons (Fsp3) is 0.733. The number of carbonyl (C=O) groups excluding carboxylic acids is 1. The van der Waals surface area contributed by atoms with Gasteiger partial charge in [-0.2, -0.15) is 18.3 Å². The van der Waals surface area contributed by atoms with Crippen molar-refractivity contribution in [2.75, 3.05) is 13.6 Å². The Labute approximate surface area is 129 Å². The van der Waals surface area contributed by atoms with Crippen molar-refractivity contribution >= 4 is 5.91 Å². The van der Waals surface area contributed by atoms with Crippen molar-refractivity contribution in [1.82, 2.24) is 14.7 Å². The highest BCUT2D eigenvalue weighted by molar-refractivity contribution is 5.92. The van der Waals surface area contributed by atoms with Crippen LogP contribution in [0.1, 0.15) is 63.1 Å². The predicted octanol–water partition coefficient (Wildman–Crippen LogP) is 3.79. The zero-order valence-corrected chi connectivity index (χ0v) is 14.0. The first-order valence-electron chi connectivity index (χ1n) is 7.25. The summed E-state index contributed by atoms with van der Waals surface area (Å²) in [6, 6.07) is 1.67. The van der Waals surface area contributed by atoms with Crippen LogP contribution < -0.4 is 0 Å². The lowest BCUT2D eigenvalue weighted by molar-refractivity contribution is -0.136. The second kappa shape index (κ2) is 6.30. The van der Waals surface area contributed by atoms with Gasteiger partial charge in [-0.05, 0) is 32.8 Å². The topological polar surface area (TPSA) is 38.1 Å². The number of rotatable bonds is 4. The first-order valence-corrected chi connectivity index (χ1v) is 7.25. The molecule has 4 nitrogen and oxygen atoms in total. The monoisotopic (exact) mass is 319 g/mol. The molecule has 0 unspecified atom stereocenters. The normalized spacial score (nSPS) is 12.8. The summed E-state index contributed by atoms with van der Waals surface area (Å²) >= 11 is 0. The molecule has 7 heteroatoms. The molecule has 0 atom stereocenters. The second-order valence-electron chi connectivity index (χ2n) is 6.78. The van der Waals surface area contributed by atoms with Crippen LogP contribution in [0.25, 0.3) is 0 Å². The first-order chi connectivity index (χ1) is 9.83. The summed E-state index contributed by atoms with van der Waals surface area (Å²) in [7, 11) is 1.36. The van der Waals surface area contributed by atoms with Gasteiger partial charge in [0.15, 0.2) is 5.69 Å². The maximum Gasteiger partial charge on any atom is 0.390 e.